The largest absolute Gasteiger partial charge is 0.416 e. The van der Waals surface area contributed by atoms with Crippen LogP contribution in [0.2, 0.25) is 0 Å². The Morgan fingerprint density at radius 1 is 1.10 bits per heavy atom. The number of halogens is 3. The zero-order valence-corrected chi connectivity index (χ0v) is 17.7. The Kier molecular flexibility index (Phi) is 5.86. The lowest BCUT2D eigenvalue weighted by Gasteiger charge is -2.36. The second-order valence-electron chi connectivity index (χ2n) is 8.03. The van der Waals surface area contributed by atoms with Gasteiger partial charge in [-0.25, -0.2) is 0 Å². The van der Waals surface area contributed by atoms with Crippen LogP contribution in [0.25, 0.3) is 0 Å². The molecule has 1 saturated carbocycles. The molecule has 2 aliphatic rings. The molecule has 1 amide bonds. The molecule has 1 heterocycles. The van der Waals surface area contributed by atoms with Crippen LogP contribution in [0.1, 0.15) is 53.2 Å². The van der Waals surface area contributed by atoms with Crippen LogP contribution in [-0.2, 0) is 6.18 Å². The Bertz CT molecular complexity index is 906. The van der Waals surface area contributed by atoms with Crippen LogP contribution in [0.15, 0.2) is 53.4 Å². The van der Waals surface area contributed by atoms with Gasteiger partial charge in [0.15, 0.2) is 0 Å². The Morgan fingerprint density at radius 3 is 2.33 bits per heavy atom. The molecule has 4 rings (SSSR count). The summed E-state index contributed by atoms with van der Waals surface area (Å²) in [7, 11) is 0. The van der Waals surface area contributed by atoms with Gasteiger partial charge in [-0.2, -0.15) is 13.2 Å². The van der Waals surface area contributed by atoms with E-state index in [2.05, 4.69) is 10.2 Å². The van der Waals surface area contributed by atoms with Crippen LogP contribution in [-0.4, -0.2) is 35.7 Å². The zero-order chi connectivity index (χ0) is 21.4. The molecule has 3 nitrogen and oxygen atoms in total. The number of amides is 1. The first-order chi connectivity index (χ1) is 14.3. The molecule has 2 aromatic rings. The lowest BCUT2D eigenvalue weighted by Crippen LogP contribution is -2.47. The maximum absolute atomic E-state index is 13.2. The van der Waals surface area contributed by atoms with Crippen molar-refractivity contribution in [3.63, 3.8) is 0 Å². The van der Waals surface area contributed by atoms with Crippen molar-refractivity contribution in [1.29, 1.82) is 0 Å². The number of alkyl halides is 3. The van der Waals surface area contributed by atoms with E-state index in [9.17, 15) is 18.0 Å². The van der Waals surface area contributed by atoms with E-state index in [-0.39, 0.29) is 23.1 Å². The Balaban J connectivity index is 1.65. The van der Waals surface area contributed by atoms with Crippen molar-refractivity contribution in [3.05, 3.63) is 65.2 Å². The van der Waals surface area contributed by atoms with Crippen LogP contribution in [0.4, 0.5) is 13.2 Å². The molecule has 0 spiro atoms. The molecule has 30 heavy (non-hydrogen) atoms. The van der Waals surface area contributed by atoms with Gasteiger partial charge in [0, 0.05) is 10.4 Å². The van der Waals surface area contributed by atoms with Gasteiger partial charge in [-0.1, -0.05) is 30.3 Å². The van der Waals surface area contributed by atoms with Crippen LogP contribution in [0.5, 0.6) is 0 Å². The Hall–Kier alpha value is -1.99. The van der Waals surface area contributed by atoms with E-state index >= 15 is 0 Å². The number of hydrogen-bond donors (Lipinski definition) is 1. The van der Waals surface area contributed by atoms with Crippen molar-refractivity contribution < 1.29 is 18.0 Å². The summed E-state index contributed by atoms with van der Waals surface area (Å²) in [6.07, 6.45) is 1.59. The molecule has 0 aromatic heterocycles. The average Bonchev–Trinajstić information content (AvgIpc) is 3.35. The summed E-state index contributed by atoms with van der Waals surface area (Å²) in [5.74, 6) is -0.326. The maximum Gasteiger partial charge on any atom is 0.416 e. The van der Waals surface area contributed by atoms with Crippen molar-refractivity contribution >= 4 is 17.7 Å². The third kappa shape index (κ3) is 4.10. The fourth-order valence-electron chi connectivity index (χ4n) is 4.52. The number of benzene rings is 2. The SMILES string of the molecule is CSc1cc(C(F)(F)F)ccc1C(=O)NC(c1ccccc1)C1(N2CCCC2)CC1. The van der Waals surface area contributed by atoms with Gasteiger partial charge in [-0.15, -0.1) is 11.8 Å². The van der Waals surface area contributed by atoms with Gasteiger partial charge in [-0.3, -0.25) is 9.69 Å². The normalized spacial score (nSPS) is 19.5. The molecule has 1 unspecified atom stereocenters. The van der Waals surface area contributed by atoms with Gasteiger partial charge in [-0.05, 0) is 68.8 Å². The quantitative estimate of drug-likeness (QED) is 0.607. The summed E-state index contributed by atoms with van der Waals surface area (Å²) in [5, 5.41) is 3.19. The van der Waals surface area contributed by atoms with E-state index in [1.54, 1.807) is 6.26 Å². The van der Waals surface area contributed by atoms with Gasteiger partial charge in [0.1, 0.15) is 0 Å². The molecule has 1 aliphatic carbocycles. The number of likely N-dealkylation sites (tertiary alicyclic amines) is 1. The molecular weight excluding hydrogens is 409 g/mol. The molecule has 1 aliphatic heterocycles. The molecular formula is C23H25F3N2OS. The van der Waals surface area contributed by atoms with Gasteiger partial charge in [0.25, 0.3) is 5.91 Å². The van der Waals surface area contributed by atoms with Gasteiger partial charge < -0.3 is 5.32 Å². The van der Waals surface area contributed by atoms with E-state index in [1.165, 1.54) is 6.07 Å². The highest BCUT2D eigenvalue weighted by molar-refractivity contribution is 7.98. The van der Waals surface area contributed by atoms with Crippen molar-refractivity contribution in [2.75, 3.05) is 19.3 Å². The van der Waals surface area contributed by atoms with E-state index in [4.69, 9.17) is 0 Å². The molecule has 2 aromatic carbocycles. The summed E-state index contributed by atoms with van der Waals surface area (Å²) < 4.78 is 39.3. The molecule has 160 valence electrons. The van der Waals surface area contributed by atoms with Crippen LogP contribution >= 0.6 is 11.8 Å². The lowest BCUT2D eigenvalue weighted by atomic mass is 9.95. The number of carbonyl (C=O) groups is 1. The van der Waals surface area contributed by atoms with Gasteiger partial charge in [0.05, 0.1) is 17.2 Å². The first-order valence-corrected chi connectivity index (χ1v) is 11.4. The van der Waals surface area contributed by atoms with Crippen LogP contribution in [0.3, 0.4) is 0 Å². The number of hydrogen-bond acceptors (Lipinski definition) is 3. The molecule has 7 heteroatoms. The molecule has 1 N–H and O–H groups in total. The average molecular weight is 435 g/mol. The fraction of sp³-hybridized carbons (Fsp3) is 0.435. The number of nitrogens with zero attached hydrogens (tertiary/aromatic N) is 1. The topological polar surface area (TPSA) is 32.3 Å². The lowest BCUT2D eigenvalue weighted by molar-refractivity contribution is -0.137. The highest BCUT2D eigenvalue weighted by atomic mass is 32.2. The van der Waals surface area contributed by atoms with E-state index in [0.717, 1.165) is 68.2 Å². The molecule has 0 bridgehead atoms. The van der Waals surface area contributed by atoms with Crippen molar-refractivity contribution in [3.8, 4) is 0 Å². The molecule has 2 fully saturated rings. The molecule has 1 saturated heterocycles. The van der Waals surface area contributed by atoms with Gasteiger partial charge in [0.2, 0.25) is 0 Å². The summed E-state index contributed by atoms with van der Waals surface area (Å²) in [5.41, 5.74) is 0.485. The minimum atomic E-state index is -4.43. The van der Waals surface area contributed by atoms with E-state index in [0.29, 0.717) is 4.90 Å². The highest BCUT2D eigenvalue weighted by Crippen LogP contribution is 2.52. The first-order valence-electron chi connectivity index (χ1n) is 10.2. The summed E-state index contributed by atoms with van der Waals surface area (Å²) in [4.78, 5) is 16.0. The number of carbonyl (C=O) groups excluding carboxylic acids is 1. The number of nitrogens with one attached hydrogen (secondary N) is 1. The smallest absolute Gasteiger partial charge is 0.343 e. The molecule has 0 radical (unpaired) electrons. The first kappa shape index (κ1) is 21.2. The van der Waals surface area contributed by atoms with E-state index in [1.807, 2.05) is 30.3 Å². The zero-order valence-electron chi connectivity index (χ0n) is 16.8. The maximum atomic E-state index is 13.2. The third-order valence-corrected chi connectivity index (χ3v) is 6.99. The van der Waals surface area contributed by atoms with Crippen molar-refractivity contribution in [2.45, 2.75) is 48.3 Å². The second kappa shape index (κ2) is 8.27. The monoisotopic (exact) mass is 434 g/mol. The van der Waals surface area contributed by atoms with Crippen LogP contribution in [0, 0.1) is 0 Å². The summed E-state index contributed by atoms with van der Waals surface area (Å²) in [6, 6.07) is 13.0. The number of rotatable bonds is 6. The van der Waals surface area contributed by atoms with Crippen molar-refractivity contribution in [1.82, 2.24) is 10.2 Å². The van der Waals surface area contributed by atoms with Gasteiger partial charge >= 0.3 is 6.18 Å². The minimum absolute atomic E-state index is 0.0983. The molecule has 1 atom stereocenters. The number of thioether (sulfide) groups is 1. The predicted molar refractivity (Wildman–Crippen MR) is 113 cm³/mol. The summed E-state index contributed by atoms with van der Waals surface area (Å²) in [6.45, 7) is 2.05. The fourth-order valence-corrected chi connectivity index (χ4v) is 5.14. The standard InChI is InChI=1S/C23H25F3N2OS/c1-30-19-15-17(23(24,25)26)9-10-18(19)21(29)27-20(16-7-3-2-4-8-16)22(11-12-22)28-13-5-6-14-28/h2-4,7-10,15,20H,5-6,11-14H2,1H3,(H,27,29). The minimum Gasteiger partial charge on any atom is -0.343 e. The van der Waals surface area contributed by atoms with Crippen LogP contribution < -0.4 is 5.32 Å². The predicted octanol–water partition coefficient (Wildman–Crippen LogP) is 5.53. The van der Waals surface area contributed by atoms with Crippen molar-refractivity contribution in [2.24, 2.45) is 0 Å². The Morgan fingerprint density at radius 2 is 1.77 bits per heavy atom. The highest BCUT2D eigenvalue weighted by Gasteiger charge is 2.55. The third-order valence-electron chi connectivity index (χ3n) is 6.22. The van der Waals surface area contributed by atoms with E-state index < -0.39 is 11.7 Å². The summed E-state index contributed by atoms with van der Waals surface area (Å²) >= 11 is 1.15. The second-order valence-corrected chi connectivity index (χ2v) is 8.88. The Labute approximate surface area is 179 Å².